The molecule has 0 atom stereocenters. The number of ether oxygens (including phenoxy) is 1. The van der Waals surface area contributed by atoms with Gasteiger partial charge in [-0.25, -0.2) is 4.98 Å². The molecule has 2 aromatic carbocycles. The smallest absolute Gasteiger partial charge is 0.131 e. The van der Waals surface area contributed by atoms with Gasteiger partial charge in [0.2, 0.25) is 0 Å². The lowest BCUT2D eigenvalue weighted by Crippen LogP contribution is -2.19. The Morgan fingerprint density at radius 1 is 1.04 bits per heavy atom. The Kier molecular flexibility index (Phi) is 4.98. The molecule has 0 radical (unpaired) electrons. The Morgan fingerprint density at radius 2 is 1.88 bits per heavy atom. The third kappa shape index (κ3) is 3.78. The fraction of sp³-hybridized carbons (Fsp3) is 0.318. The van der Waals surface area contributed by atoms with Crippen LogP contribution >= 0.6 is 11.6 Å². The summed E-state index contributed by atoms with van der Waals surface area (Å²) in [5.74, 6) is 1.74. The number of anilines is 2. The van der Waals surface area contributed by atoms with Crippen LogP contribution in [0.25, 0.3) is 10.9 Å². The second-order valence-corrected chi connectivity index (χ2v) is 7.39. The van der Waals surface area contributed by atoms with Crippen LogP contribution in [0.15, 0.2) is 48.5 Å². The summed E-state index contributed by atoms with van der Waals surface area (Å²) in [4.78, 5) is 4.65. The number of aryl methyl sites for hydroxylation is 1. The van der Waals surface area contributed by atoms with Gasteiger partial charge in [0, 0.05) is 11.1 Å². The third-order valence-electron chi connectivity index (χ3n) is 4.99. The van der Waals surface area contributed by atoms with E-state index in [-0.39, 0.29) is 0 Å². The lowest BCUT2D eigenvalue weighted by atomic mass is 9.98. The summed E-state index contributed by atoms with van der Waals surface area (Å²) in [6.07, 6.45) is 6.59. The molecule has 26 heavy (non-hydrogen) atoms. The van der Waals surface area contributed by atoms with Crippen LogP contribution in [0.1, 0.15) is 37.7 Å². The van der Waals surface area contributed by atoms with Crippen LogP contribution in [0.3, 0.4) is 0 Å². The summed E-state index contributed by atoms with van der Waals surface area (Å²) in [7, 11) is 0. The number of benzene rings is 2. The number of aromatic nitrogens is 1. The number of para-hydroxylation sites is 1. The molecule has 1 heterocycles. The average molecular weight is 367 g/mol. The fourth-order valence-electron chi connectivity index (χ4n) is 3.54. The van der Waals surface area contributed by atoms with Crippen molar-refractivity contribution in [3.8, 4) is 5.75 Å². The second kappa shape index (κ2) is 7.55. The third-order valence-corrected chi connectivity index (χ3v) is 5.29. The molecular weight excluding hydrogens is 344 g/mol. The SMILES string of the molecule is Cc1cc(OC2CCCCC2)ccc1Nc1ccc2cccc(Cl)c2n1. The molecule has 0 unspecified atom stereocenters. The maximum absolute atomic E-state index is 6.27. The van der Waals surface area contributed by atoms with Gasteiger partial charge in [-0.1, -0.05) is 30.2 Å². The van der Waals surface area contributed by atoms with Crippen LogP contribution in [-0.4, -0.2) is 11.1 Å². The van der Waals surface area contributed by atoms with Gasteiger partial charge in [0.15, 0.2) is 0 Å². The zero-order chi connectivity index (χ0) is 17.9. The van der Waals surface area contributed by atoms with Gasteiger partial charge in [0.05, 0.1) is 16.6 Å². The summed E-state index contributed by atoms with van der Waals surface area (Å²) in [5, 5.41) is 5.10. The number of fused-ring (bicyclic) bond motifs is 1. The van der Waals surface area contributed by atoms with Gasteiger partial charge in [0.1, 0.15) is 11.6 Å². The van der Waals surface area contributed by atoms with Crippen molar-refractivity contribution in [3.63, 3.8) is 0 Å². The Balaban J connectivity index is 1.52. The average Bonchev–Trinajstić information content (AvgIpc) is 2.65. The van der Waals surface area contributed by atoms with E-state index in [1.54, 1.807) is 0 Å². The maximum atomic E-state index is 6.27. The number of hydrogen-bond donors (Lipinski definition) is 1. The van der Waals surface area contributed by atoms with Gasteiger partial charge in [0.25, 0.3) is 0 Å². The summed E-state index contributed by atoms with van der Waals surface area (Å²) in [6.45, 7) is 2.09. The van der Waals surface area contributed by atoms with Gasteiger partial charge >= 0.3 is 0 Å². The van der Waals surface area contributed by atoms with Crippen molar-refractivity contribution < 1.29 is 4.74 Å². The molecule has 4 heteroatoms. The predicted molar refractivity (Wildman–Crippen MR) is 109 cm³/mol. The molecule has 1 aliphatic carbocycles. The minimum absolute atomic E-state index is 0.367. The van der Waals surface area contributed by atoms with E-state index in [1.165, 1.54) is 32.1 Å². The highest BCUT2D eigenvalue weighted by molar-refractivity contribution is 6.35. The van der Waals surface area contributed by atoms with Crippen molar-refractivity contribution in [1.29, 1.82) is 0 Å². The number of pyridine rings is 1. The first-order valence-electron chi connectivity index (χ1n) is 9.29. The van der Waals surface area contributed by atoms with Crippen LogP contribution in [0.5, 0.6) is 5.75 Å². The molecule has 0 amide bonds. The Morgan fingerprint density at radius 3 is 2.69 bits per heavy atom. The van der Waals surface area contributed by atoms with E-state index in [4.69, 9.17) is 16.3 Å². The quantitative estimate of drug-likeness (QED) is 0.561. The Hall–Kier alpha value is -2.26. The molecule has 1 saturated carbocycles. The summed E-state index contributed by atoms with van der Waals surface area (Å²) in [5.41, 5.74) is 2.98. The number of halogens is 1. The van der Waals surface area contributed by atoms with E-state index in [0.29, 0.717) is 11.1 Å². The predicted octanol–water partition coefficient (Wildman–Crippen LogP) is 6.65. The number of nitrogens with one attached hydrogen (secondary N) is 1. The molecule has 0 saturated heterocycles. The first-order chi connectivity index (χ1) is 12.7. The maximum Gasteiger partial charge on any atom is 0.131 e. The van der Waals surface area contributed by atoms with E-state index < -0.39 is 0 Å². The molecule has 4 rings (SSSR count). The van der Waals surface area contributed by atoms with E-state index in [1.807, 2.05) is 36.4 Å². The molecule has 3 nitrogen and oxygen atoms in total. The second-order valence-electron chi connectivity index (χ2n) is 6.99. The number of rotatable bonds is 4. The Bertz CT molecular complexity index is 919. The number of nitrogens with zero attached hydrogens (tertiary/aromatic N) is 1. The lowest BCUT2D eigenvalue weighted by molar-refractivity contribution is 0.155. The largest absolute Gasteiger partial charge is 0.490 e. The van der Waals surface area contributed by atoms with Gasteiger partial charge < -0.3 is 10.1 Å². The first kappa shape index (κ1) is 17.2. The monoisotopic (exact) mass is 366 g/mol. The molecule has 0 bridgehead atoms. The highest BCUT2D eigenvalue weighted by Gasteiger charge is 2.15. The summed E-state index contributed by atoms with van der Waals surface area (Å²) >= 11 is 6.27. The van der Waals surface area contributed by atoms with Crippen LogP contribution < -0.4 is 10.1 Å². The van der Waals surface area contributed by atoms with Gasteiger partial charge in [-0.2, -0.15) is 0 Å². The molecule has 1 aromatic heterocycles. The van der Waals surface area contributed by atoms with Crippen molar-refractivity contribution in [2.45, 2.75) is 45.1 Å². The van der Waals surface area contributed by atoms with Crippen molar-refractivity contribution in [2.75, 3.05) is 5.32 Å². The minimum Gasteiger partial charge on any atom is -0.490 e. The van der Waals surface area contributed by atoms with Crippen molar-refractivity contribution in [3.05, 3.63) is 59.1 Å². The zero-order valence-corrected chi connectivity index (χ0v) is 15.7. The van der Waals surface area contributed by atoms with Crippen molar-refractivity contribution in [1.82, 2.24) is 4.98 Å². The van der Waals surface area contributed by atoms with Crippen molar-refractivity contribution >= 4 is 34.0 Å². The standard InChI is InChI=1S/C22H23ClN2O/c1-15-14-18(26-17-7-3-2-4-8-17)11-12-20(15)24-21-13-10-16-6-5-9-19(23)22(16)25-21/h5-6,9-14,17H,2-4,7-8H2,1H3,(H,24,25). The molecule has 0 spiro atoms. The zero-order valence-electron chi connectivity index (χ0n) is 15.0. The molecular formula is C22H23ClN2O. The van der Waals surface area contributed by atoms with Crippen LogP contribution in [-0.2, 0) is 0 Å². The fourth-order valence-corrected chi connectivity index (χ4v) is 3.77. The van der Waals surface area contributed by atoms with Gasteiger partial charge in [-0.05, 0) is 74.6 Å². The highest BCUT2D eigenvalue weighted by Crippen LogP contribution is 2.29. The Labute approximate surface area is 159 Å². The topological polar surface area (TPSA) is 34.1 Å². The van der Waals surface area contributed by atoms with Crippen LogP contribution in [0.4, 0.5) is 11.5 Å². The van der Waals surface area contributed by atoms with E-state index >= 15 is 0 Å². The van der Waals surface area contributed by atoms with E-state index in [0.717, 1.165) is 33.7 Å². The van der Waals surface area contributed by atoms with Crippen LogP contribution in [0, 0.1) is 6.92 Å². The molecule has 0 aliphatic heterocycles. The van der Waals surface area contributed by atoms with Crippen molar-refractivity contribution in [2.24, 2.45) is 0 Å². The lowest BCUT2D eigenvalue weighted by Gasteiger charge is -2.23. The normalized spacial score (nSPS) is 15.2. The van der Waals surface area contributed by atoms with E-state index in [9.17, 15) is 0 Å². The molecule has 134 valence electrons. The van der Waals surface area contributed by atoms with Gasteiger partial charge in [-0.15, -0.1) is 0 Å². The van der Waals surface area contributed by atoms with Gasteiger partial charge in [-0.3, -0.25) is 0 Å². The minimum atomic E-state index is 0.367. The molecule has 1 fully saturated rings. The summed E-state index contributed by atoms with van der Waals surface area (Å²) < 4.78 is 6.15. The van der Waals surface area contributed by atoms with E-state index in [2.05, 4.69) is 29.4 Å². The molecule has 1 N–H and O–H groups in total. The summed E-state index contributed by atoms with van der Waals surface area (Å²) in [6, 6.07) is 16.0. The van der Waals surface area contributed by atoms with Crippen LogP contribution in [0.2, 0.25) is 5.02 Å². The first-order valence-corrected chi connectivity index (χ1v) is 9.66. The molecule has 1 aliphatic rings. The highest BCUT2D eigenvalue weighted by atomic mass is 35.5. The molecule has 3 aromatic rings. The number of hydrogen-bond acceptors (Lipinski definition) is 3.